The molecule has 0 radical (unpaired) electrons. The average molecular weight is 191 g/mol. The Hall–Kier alpha value is -1.89. The van der Waals surface area contributed by atoms with Crippen molar-refractivity contribution >= 4 is 5.78 Å². The third-order valence-corrected chi connectivity index (χ3v) is 2.08. The molecule has 0 N–H and O–H groups in total. The Kier molecular flexibility index (Phi) is 1.93. The van der Waals surface area contributed by atoms with Gasteiger partial charge in [0.2, 0.25) is 0 Å². The molecule has 0 fully saturated rings. The highest BCUT2D eigenvalue weighted by Gasteiger charge is 2.20. The fraction of sp³-hybridized carbons (Fsp3) is 0.200. The summed E-state index contributed by atoms with van der Waals surface area (Å²) in [6.07, 6.45) is 0.281. The van der Waals surface area contributed by atoms with Gasteiger partial charge in [-0.15, -0.1) is 0 Å². The molecule has 14 heavy (non-hydrogen) atoms. The molecule has 1 aromatic carbocycles. The molecule has 1 aliphatic heterocycles. The molecule has 0 amide bonds. The van der Waals surface area contributed by atoms with Gasteiger partial charge in [0.25, 0.3) is 0 Å². The Balaban J connectivity index is 2.62. The minimum Gasteiger partial charge on any atom is -0.492 e. The largest absolute Gasteiger partial charge is 0.492 e. The van der Waals surface area contributed by atoms with Crippen molar-refractivity contribution < 1.29 is 13.9 Å². The fourth-order valence-corrected chi connectivity index (χ4v) is 1.37. The number of hydrogen-bond acceptors (Lipinski definition) is 3. The average Bonchev–Trinajstić information content (AvgIpc) is 2.17. The van der Waals surface area contributed by atoms with Gasteiger partial charge >= 0.3 is 0 Å². The summed E-state index contributed by atoms with van der Waals surface area (Å²) in [6, 6.07) is 4.01. The Bertz CT molecular complexity index is 448. The molecule has 70 valence electrons. The van der Waals surface area contributed by atoms with Crippen LogP contribution in [0.15, 0.2) is 12.1 Å². The Morgan fingerprint density at radius 1 is 1.50 bits per heavy atom. The first-order valence-electron chi connectivity index (χ1n) is 4.12. The van der Waals surface area contributed by atoms with Crippen LogP contribution in [0, 0.1) is 17.1 Å². The van der Waals surface area contributed by atoms with Gasteiger partial charge in [-0.1, -0.05) is 0 Å². The first kappa shape index (κ1) is 8.70. The Labute approximate surface area is 79.7 Å². The van der Waals surface area contributed by atoms with Crippen LogP contribution in [0.4, 0.5) is 4.39 Å². The molecule has 1 aliphatic rings. The maximum atomic E-state index is 13.1. The van der Waals surface area contributed by atoms with E-state index in [1.165, 1.54) is 6.07 Å². The minimum absolute atomic E-state index is 0.109. The molecule has 0 aliphatic carbocycles. The van der Waals surface area contributed by atoms with Crippen molar-refractivity contribution in [2.24, 2.45) is 0 Å². The number of benzene rings is 1. The highest BCUT2D eigenvalue weighted by Crippen LogP contribution is 2.27. The summed E-state index contributed by atoms with van der Waals surface area (Å²) in [5, 5.41) is 8.56. The predicted molar refractivity (Wildman–Crippen MR) is 45.6 cm³/mol. The van der Waals surface area contributed by atoms with Gasteiger partial charge in [0, 0.05) is 12.5 Å². The van der Waals surface area contributed by atoms with E-state index in [0.29, 0.717) is 5.56 Å². The molecule has 0 aromatic heterocycles. The number of Topliss-reactive ketones (excluding diaryl/α,β-unsaturated/α-hetero) is 1. The monoisotopic (exact) mass is 191 g/mol. The van der Waals surface area contributed by atoms with E-state index in [2.05, 4.69) is 0 Å². The topological polar surface area (TPSA) is 50.1 Å². The zero-order valence-corrected chi connectivity index (χ0v) is 7.21. The molecule has 0 saturated carbocycles. The number of nitrogens with zero attached hydrogens (tertiary/aromatic N) is 1. The molecule has 0 spiro atoms. The van der Waals surface area contributed by atoms with Gasteiger partial charge in [-0.25, -0.2) is 4.39 Å². The van der Waals surface area contributed by atoms with E-state index in [4.69, 9.17) is 10.00 Å². The summed E-state index contributed by atoms with van der Waals surface area (Å²) < 4.78 is 18.2. The normalized spacial score (nSPS) is 14.1. The standard InChI is InChI=1S/C10H6FNO2/c11-8-4-10-7(3-6(8)5-12)9(13)1-2-14-10/h3-4H,1-2H2. The molecular weight excluding hydrogens is 185 g/mol. The Morgan fingerprint density at radius 3 is 3.00 bits per heavy atom. The lowest BCUT2D eigenvalue weighted by molar-refractivity contribution is 0.0933. The predicted octanol–water partition coefficient (Wildman–Crippen LogP) is 1.66. The van der Waals surface area contributed by atoms with Gasteiger partial charge in [-0.2, -0.15) is 5.26 Å². The second-order valence-electron chi connectivity index (χ2n) is 2.96. The van der Waals surface area contributed by atoms with Gasteiger partial charge in [-0.05, 0) is 6.07 Å². The fourth-order valence-electron chi connectivity index (χ4n) is 1.37. The van der Waals surface area contributed by atoms with E-state index in [9.17, 15) is 9.18 Å². The van der Waals surface area contributed by atoms with E-state index in [-0.39, 0.29) is 30.1 Å². The maximum Gasteiger partial charge on any atom is 0.170 e. The van der Waals surface area contributed by atoms with E-state index in [1.807, 2.05) is 0 Å². The number of nitriles is 1. The molecule has 1 aromatic rings. The molecular formula is C10H6FNO2. The van der Waals surface area contributed by atoms with Gasteiger partial charge in [-0.3, -0.25) is 4.79 Å². The molecule has 1 heterocycles. The second kappa shape index (κ2) is 3.11. The van der Waals surface area contributed by atoms with Crippen LogP contribution in [0.3, 0.4) is 0 Å². The summed E-state index contributed by atoms with van der Waals surface area (Å²) in [5.41, 5.74) is 0.178. The van der Waals surface area contributed by atoms with Gasteiger partial charge in [0.15, 0.2) is 5.78 Å². The van der Waals surface area contributed by atoms with Crippen LogP contribution < -0.4 is 4.74 Å². The molecule has 2 rings (SSSR count). The third kappa shape index (κ3) is 1.23. The van der Waals surface area contributed by atoms with Crippen LogP contribution in [-0.4, -0.2) is 12.4 Å². The van der Waals surface area contributed by atoms with Crippen molar-refractivity contribution in [3.05, 3.63) is 29.1 Å². The zero-order chi connectivity index (χ0) is 10.1. The van der Waals surface area contributed by atoms with Crippen molar-refractivity contribution in [3.8, 4) is 11.8 Å². The smallest absolute Gasteiger partial charge is 0.170 e. The van der Waals surface area contributed by atoms with Gasteiger partial charge in [0.05, 0.1) is 17.7 Å². The van der Waals surface area contributed by atoms with Crippen LogP contribution >= 0.6 is 0 Å². The van der Waals surface area contributed by atoms with Crippen LogP contribution in [-0.2, 0) is 0 Å². The quantitative estimate of drug-likeness (QED) is 0.626. The van der Waals surface area contributed by atoms with Crippen molar-refractivity contribution in [2.75, 3.05) is 6.61 Å². The molecule has 0 bridgehead atoms. The number of carbonyl (C=O) groups excluding carboxylic acids is 1. The lowest BCUT2D eigenvalue weighted by atomic mass is 10.0. The maximum absolute atomic E-state index is 13.1. The van der Waals surface area contributed by atoms with Crippen LogP contribution in [0.5, 0.6) is 5.75 Å². The van der Waals surface area contributed by atoms with E-state index in [1.54, 1.807) is 6.07 Å². The lowest BCUT2D eigenvalue weighted by Gasteiger charge is -2.16. The number of fused-ring (bicyclic) bond motifs is 1. The van der Waals surface area contributed by atoms with Gasteiger partial charge in [0.1, 0.15) is 17.6 Å². The molecule has 0 atom stereocenters. The first-order valence-corrected chi connectivity index (χ1v) is 4.12. The SMILES string of the molecule is N#Cc1cc2c(cc1F)OCCC2=O. The summed E-state index contributed by atoms with van der Waals surface area (Å²) in [7, 11) is 0. The number of ether oxygens (including phenoxy) is 1. The zero-order valence-electron chi connectivity index (χ0n) is 7.21. The summed E-state index contributed by atoms with van der Waals surface area (Å²) in [5.74, 6) is -0.526. The van der Waals surface area contributed by atoms with E-state index >= 15 is 0 Å². The van der Waals surface area contributed by atoms with Crippen molar-refractivity contribution in [3.63, 3.8) is 0 Å². The molecule has 0 unspecified atom stereocenters. The molecule has 4 heteroatoms. The highest BCUT2D eigenvalue weighted by atomic mass is 19.1. The number of rotatable bonds is 0. The summed E-state index contributed by atoms with van der Waals surface area (Å²) in [4.78, 5) is 11.4. The van der Waals surface area contributed by atoms with E-state index < -0.39 is 5.82 Å². The van der Waals surface area contributed by atoms with Gasteiger partial charge < -0.3 is 4.74 Å². The summed E-state index contributed by atoms with van der Waals surface area (Å²) in [6.45, 7) is 0.275. The van der Waals surface area contributed by atoms with Crippen molar-refractivity contribution in [1.29, 1.82) is 5.26 Å². The van der Waals surface area contributed by atoms with E-state index in [0.717, 1.165) is 6.07 Å². The van der Waals surface area contributed by atoms with Crippen LogP contribution in [0.2, 0.25) is 0 Å². The highest BCUT2D eigenvalue weighted by molar-refractivity contribution is 5.99. The minimum atomic E-state index is -0.652. The summed E-state index contributed by atoms with van der Waals surface area (Å²) >= 11 is 0. The van der Waals surface area contributed by atoms with Crippen LogP contribution in [0.1, 0.15) is 22.3 Å². The number of halogens is 1. The van der Waals surface area contributed by atoms with Crippen LogP contribution in [0.25, 0.3) is 0 Å². The molecule has 0 saturated heterocycles. The van der Waals surface area contributed by atoms with Crippen molar-refractivity contribution in [2.45, 2.75) is 6.42 Å². The number of hydrogen-bond donors (Lipinski definition) is 0. The molecule has 3 nitrogen and oxygen atoms in total. The number of carbonyl (C=O) groups is 1. The third-order valence-electron chi connectivity index (χ3n) is 2.08. The number of ketones is 1. The first-order chi connectivity index (χ1) is 6.72. The lowest BCUT2D eigenvalue weighted by Crippen LogP contribution is -2.15. The Morgan fingerprint density at radius 2 is 2.29 bits per heavy atom. The second-order valence-corrected chi connectivity index (χ2v) is 2.96. The van der Waals surface area contributed by atoms with Crippen molar-refractivity contribution in [1.82, 2.24) is 0 Å².